The Balaban J connectivity index is 2.53. The number of methoxy groups -OCH3 is 1. The maximum absolute atomic E-state index is 14.4. The molecule has 0 fully saturated rings. The number of nitrogens with one attached hydrogen (secondary N) is 1. The second-order valence-corrected chi connectivity index (χ2v) is 5.05. The van der Waals surface area contributed by atoms with Crippen LogP contribution in [0, 0.1) is 5.82 Å². The lowest BCUT2D eigenvalue weighted by Gasteiger charge is -2.20. The van der Waals surface area contributed by atoms with E-state index >= 15 is 0 Å². The van der Waals surface area contributed by atoms with Crippen molar-refractivity contribution in [3.05, 3.63) is 59.4 Å². The fourth-order valence-corrected chi connectivity index (χ4v) is 2.80. The van der Waals surface area contributed by atoms with Crippen molar-refractivity contribution >= 4 is 11.8 Å². The molecule has 1 atom stereocenters. The molecule has 0 saturated heterocycles. The van der Waals surface area contributed by atoms with Gasteiger partial charge in [-0.1, -0.05) is 30.3 Å². The van der Waals surface area contributed by atoms with Gasteiger partial charge in [0.2, 0.25) is 0 Å². The smallest absolute Gasteiger partial charge is 0.170 e. The standard InChI is InChI=1S/C15H17FN2OS/c1-19-12-8-5-7-11(14(12)16)15(18-17)10-6-3-4-9-13(10)20-2/h3-9,15,18H,17H2,1-2H3. The molecule has 0 aromatic heterocycles. The lowest BCUT2D eigenvalue weighted by Crippen LogP contribution is -2.30. The van der Waals surface area contributed by atoms with Crippen LogP contribution in [0.1, 0.15) is 17.2 Å². The summed E-state index contributed by atoms with van der Waals surface area (Å²) < 4.78 is 19.4. The minimum absolute atomic E-state index is 0.212. The quantitative estimate of drug-likeness (QED) is 0.505. The molecule has 2 aromatic rings. The van der Waals surface area contributed by atoms with Gasteiger partial charge in [0.1, 0.15) is 0 Å². The molecule has 0 saturated carbocycles. The Bertz CT molecular complexity index is 592. The maximum atomic E-state index is 14.4. The molecule has 1 unspecified atom stereocenters. The van der Waals surface area contributed by atoms with E-state index in [1.807, 2.05) is 30.5 Å². The predicted molar refractivity (Wildman–Crippen MR) is 80.3 cm³/mol. The lowest BCUT2D eigenvalue weighted by atomic mass is 9.98. The molecule has 2 rings (SSSR count). The van der Waals surface area contributed by atoms with E-state index in [0.29, 0.717) is 5.56 Å². The minimum Gasteiger partial charge on any atom is -0.494 e. The van der Waals surface area contributed by atoms with Gasteiger partial charge in [0.25, 0.3) is 0 Å². The second kappa shape index (κ2) is 6.74. The first-order valence-corrected chi connectivity index (χ1v) is 7.36. The summed E-state index contributed by atoms with van der Waals surface area (Å²) in [5.74, 6) is 5.47. The molecule has 0 amide bonds. The Morgan fingerprint density at radius 3 is 2.50 bits per heavy atom. The summed E-state index contributed by atoms with van der Waals surface area (Å²) in [6.07, 6.45) is 1.98. The third-order valence-corrected chi connectivity index (χ3v) is 3.95. The van der Waals surface area contributed by atoms with Crippen molar-refractivity contribution in [2.24, 2.45) is 5.84 Å². The van der Waals surface area contributed by atoms with Crippen LogP contribution in [-0.4, -0.2) is 13.4 Å². The van der Waals surface area contributed by atoms with Gasteiger partial charge in [-0.3, -0.25) is 5.84 Å². The summed E-state index contributed by atoms with van der Waals surface area (Å²) in [5.41, 5.74) is 4.10. The summed E-state index contributed by atoms with van der Waals surface area (Å²) in [6.45, 7) is 0. The Kier molecular flexibility index (Phi) is 5.00. The first kappa shape index (κ1) is 14.8. The Hall–Kier alpha value is -1.56. The zero-order valence-electron chi connectivity index (χ0n) is 11.4. The summed E-state index contributed by atoms with van der Waals surface area (Å²) in [7, 11) is 1.45. The molecule has 106 valence electrons. The van der Waals surface area contributed by atoms with Gasteiger partial charge < -0.3 is 4.74 Å². The van der Waals surface area contributed by atoms with E-state index in [9.17, 15) is 4.39 Å². The molecule has 2 aromatic carbocycles. The van der Waals surface area contributed by atoms with E-state index in [1.54, 1.807) is 30.0 Å². The van der Waals surface area contributed by atoms with E-state index in [1.165, 1.54) is 7.11 Å². The van der Waals surface area contributed by atoms with E-state index in [2.05, 4.69) is 5.43 Å². The molecule has 0 aliphatic rings. The Labute approximate surface area is 122 Å². The average molecular weight is 292 g/mol. The van der Waals surface area contributed by atoms with Gasteiger partial charge in [-0.05, 0) is 24.0 Å². The van der Waals surface area contributed by atoms with Gasteiger partial charge >= 0.3 is 0 Å². The number of hydrazine groups is 1. The van der Waals surface area contributed by atoms with Gasteiger partial charge in [0.05, 0.1) is 13.2 Å². The normalized spacial score (nSPS) is 12.2. The summed E-state index contributed by atoms with van der Waals surface area (Å²) in [4.78, 5) is 1.05. The van der Waals surface area contributed by atoms with Gasteiger partial charge in [0.15, 0.2) is 11.6 Å². The predicted octanol–water partition coefficient (Wildman–Crippen LogP) is 3.11. The Morgan fingerprint density at radius 2 is 1.85 bits per heavy atom. The van der Waals surface area contributed by atoms with Crippen LogP contribution >= 0.6 is 11.8 Å². The largest absolute Gasteiger partial charge is 0.494 e. The van der Waals surface area contributed by atoms with Crippen molar-refractivity contribution in [2.75, 3.05) is 13.4 Å². The number of hydrogen-bond acceptors (Lipinski definition) is 4. The number of ether oxygens (including phenoxy) is 1. The van der Waals surface area contributed by atoms with Gasteiger partial charge in [-0.15, -0.1) is 11.8 Å². The highest BCUT2D eigenvalue weighted by molar-refractivity contribution is 7.98. The van der Waals surface area contributed by atoms with Gasteiger partial charge in [-0.25, -0.2) is 9.82 Å². The van der Waals surface area contributed by atoms with Crippen molar-refractivity contribution in [3.63, 3.8) is 0 Å². The Morgan fingerprint density at radius 1 is 1.15 bits per heavy atom. The molecule has 5 heteroatoms. The number of rotatable bonds is 5. The highest BCUT2D eigenvalue weighted by Crippen LogP contribution is 2.33. The van der Waals surface area contributed by atoms with E-state index in [-0.39, 0.29) is 5.75 Å². The molecular formula is C15H17FN2OS. The van der Waals surface area contributed by atoms with Crippen LogP contribution in [0.5, 0.6) is 5.75 Å². The molecular weight excluding hydrogens is 275 g/mol. The molecule has 0 aliphatic carbocycles. The number of thioether (sulfide) groups is 1. The van der Waals surface area contributed by atoms with Crippen molar-refractivity contribution in [1.29, 1.82) is 0 Å². The summed E-state index contributed by atoms with van der Waals surface area (Å²) in [5, 5.41) is 0. The highest BCUT2D eigenvalue weighted by atomic mass is 32.2. The van der Waals surface area contributed by atoms with Crippen LogP contribution in [0.25, 0.3) is 0 Å². The molecule has 0 radical (unpaired) electrons. The second-order valence-electron chi connectivity index (χ2n) is 4.21. The average Bonchev–Trinajstić information content (AvgIpc) is 2.50. The number of nitrogens with two attached hydrogens (primary N) is 1. The van der Waals surface area contributed by atoms with Crippen LogP contribution in [0.3, 0.4) is 0 Å². The van der Waals surface area contributed by atoms with Crippen molar-refractivity contribution in [3.8, 4) is 5.75 Å². The van der Waals surface area contributed by atoms with Gasteiger partial charge in [0, 0.05) is 10.5 Å². The number of benzene rings is 2. The first-order chi connectivity index (χ1) is 9.72. The van der Waals surface area contributed by atoms with Crippen molar-refractivity contribution in [2.45, 2.75) is 10.9 Å². The fourth-order valence-electron chi connectivity index (χ4n) is 2.16. The van der Waals surface area contributed by atoms with E-state index in [0.717, 1.165) is 10.5 Å². The third-order valence-electron chi connectivity index (χ3n) is 3.14. The van der Waals surface area contributed by atoms with Crippen LogP contribution in [0.15, 0.2) is 47.4 Å². The highest BCUT2D eigenvalue weighted by Gasteiger charge is 2.21. The zero-order chi connectivity index (χ0) is 14.5. The zero-order valence-corrected chi connectivity index (χ0v) is 12.2. The van der Waals surface area contributed by atoms with Gasteiger partial charge in [-0.2, -0.15) is 0 Å². The first-order valence-electron chi connectivity index (χ1n) is 6.14. The van der Waals surface area contributed by atoms with Crippen molar-refractivity contribution in [1.82, 2.24) is 5.43 Å². The molecule has 0 heterocycles. The summed E-state index contributed by atoms with van der Waals surface area (Å²) >= 11 is 1.60. The van der Waals surface area contributed by atoms with Crippen molar-refractivity contribution < 1.29 is 9.13 Å². The maximum Gasteiger partial charge on any atom is 0.170 e. The summed E-state index contributed by atoms with van der Waals surface area (Å²) in [6, 6.07) is 12.4. The van der Waals surface area contributed by atoms with Crippen LogP contribution in [0.4, 0.5) is 4.39 Å². The number of hydrogen-bond donors (Lipinski definition) is 2. The molecule has 0 aliphatic heterocycles. The van der Waals surface area contributed by atoms with Crippen LogP contribution in [0.2, 0.25) is 0 Å². The molecule has 3 nitrogen and oxygen atoms in total. The van der Waals surface area contributed by atoms with E-state index in [4.69, 9.17) is 10.6 Å². The van der Waals surface area contributed by atoms with E-state index < -0.39 is 11.9 Å². The molecule has 0 bridgehead atoms. The van der Waals surface area contributed by atoms with Crippen LogP contribution in [-0.2, 0) is 0 Å². The topological polar surface area (TPSA) is 47.3 Å². The SMILES string of the molecule is COc1cccc(C(NN)c2ccccc2SC)c1F. The van der Waals surface area contributed by atoms with Crippen LogP contribution < -0.4 is 16.0 Å². The fraction of sp³-hybridized carbons (Fsp3) is 0.200. The molecule has 3 N–H and O–H groups in total. The third kappa shape index (κ3) is 2.80. The monoisotopic (exact) mass is 292 g/mol. The molecule has 0 spiro atoms. The molecule has 20 heavy (non-hydrogen) atoms. The minimum atomic E-state index is -0.422. The lowest BCUT2D eigenvalue weighted by molar-refractivity contribution is 0.381. The number of halogens is 1.